The average Bonchev–Trinajstić information content (AvgIpc) is 2.97. The van der Waals surface area contributed by atoms with Gasteiger partial charge in [0, 0.05) is 19.6 Å². The van der Waals surface area contributed by atoms with Crippen LogP contribution in [-0.4, -0.2) is 36.7 Å². The maximum Gasteiger partial charge on any atom is 0.390 e. The summed E-state index contributed by atoms with van der Waals surface area (Å²) in [6, 6.07) is 14.2. The Morgan fingerprint density at radius 1 is 1.09 bits per heavy atom. The molecule has 122 valence electrons. The monoisotopic (exact) mass is 321 g/mol. The first-order valence-electron chi connectivity index (χ1n) is 7.59. The molecular formula is C17H18F3N3. The van der Waals surface area contributed by atoms with Crippen molar-refractivity contribution in [1.82, 2.24) is 10.2 Å². The number of rotatable bonds is 4. The van der Waals surface area contributed by atoms with Crippen LogP contribution in [0.2, 0.25) is 0 Å². The van der Waals surface area contributed by atoms with Gasteiger partial charge in [0.05, 0.1) is 13.0 Å². The molecule has 2 aromatic carbocycles. The second-order valence-corrected chi connectivity index (χ2v) is 5.59. The number of hydrogen-bond donors (Lipinski definition) is 1. The summed E-state index contributed by atoms with van der Waals surface area (Å²) in [5.74, 6) is 0.558. The van der Waals surface area contributed by atoms with Crippen molar-refractivity contribution < 1.29 is 13.2 Å². The molecule has 0 spiro atoms. The van der Waals surface area contributed by atoms with Crippen LogP contribution in [0.1, 0.15) is 12.0 Å². The number of benzene rings is 2. The molecule has 6 heteroatoms. The van der Waals surface area contributed by atoms with E-state index in [0.29, 0.717) is 25.6 Å². The summed E-state index contributed by atoms with van der Waals surface area (Å²) in [6.07, 6.45) is -4.95. The number of alkyl halides is 3. The topological polar surface area (TPSA) is 27.6 Å². The number of nitrogens with zero attached hydrogens (tertiary/aromatic N) is 2. The molecule has 0 amide bonds. The number of aliphatic imine (C=N–C) groups is 1. The van der Waals surface area contributed by atoms with Crippen molar-refractivity contribution in [3.8, 4) is 0 Å². The highest BCUT2D eigenvalue weighted by molar-refractivity contribution is 5.84. The van der Waals surface area contributed by atoms with Crippen molar-refractivity contribution >= 4 is 16.7 Å². The molecule has 23 heavy (non-hydrogen) atoms. The van der Waals surface area contributed by atoms with Gasteiger partial charge in [-0.3, -0.25) is 4.99 Å². The Bertz CT molecular complexity index is 710. The minimum atomic E-state index is -4.13. The molecule has 0 aromatic heterocycles. The van der Waals surface area contributed by atoms with Crippen LogP contribution in [0.3, 0.4) is 0 Å². The zero-order chi connectivity index (χ0) is 16.3. The first-order valence-corrected chi connectivity index (χ1v) is 7.59. The molecule has 0 saturated carbocycles. The van der Waals surface area contributed by atoms with E-state index >= 15 is 0 Å². The molecule has 0 fully saturated rings. The second-order valence-electron chi connectivity index (χ2n) is 5.59. The van der Waals surface area contributed by atoms with E-state index in [2.05, 4.69) is 16.4 Å². The van der Waals surface area contributed by atoms with Gasteiger partial charge in [0.1, 0.15) is 0 Å². The maximum absolute atomic E-state index is 12.3. The third-order valence-corrected chi connectivity index (χ3v) is 3.86. The van der Waals surface area contributed by atoms with Gasteiger partial charge in [-0.1, -0.05) is 36.4 Å². The van der Waals surface area contributed by atoms with E-state index in [1.807, 2.05) is 36.4 Å². The standard InChI is InChI=1S/C17H18F3N3/c18-17(19,20)7-9-23-10-8-21-16(23)22-12-13-5-6-14-3-1-2-4-15(14)11-13/h1-6,11H,7-10,12H2,(H,21,22). The molecule has 2 aromatic rings. The lowest BCUT2D eigenvalue weighted by atomic mass is 10.1. The maximum atomic E-state index is 12.3. The number of guanidine groups is 1. The van der Waals surface area contributed by atoms with Crippen LogP contribution in [-0.2, 0) is 6.54 Å². The Kier molecular flexibility index (Phi) is 4.41. The van der Waals surface area contributed by atoms with Crippen LogP contribution in [0.25, 0.3) is 10.8 Å². The number of fused-ring (bicyclic) bond motifs is 1. The predicted molar refractivity (Wildman–Crippen MR) is 85.3 cm³/mol. The SMILES string of the molecule is FC(F)(F)CCN1CCN=C1NCc1ccc2ccccc2c1. The number of hydrogen-bond acceptors (Lipinski definition) is 3. The zero-order valence-electron chi connectivity index (χ0n) is 12.6. The van der Waals surface area contributed by atoms with Crippen molar-refractivity contribution in [2.45, 2.75) is 19.1 Å². The average molecular weight is 321 g/mol. The van der Waals surface area contributed by atoms with E-state index in [-0.39, 0.29) is 6.54 Å². The van der Waals surface area contributed by atoms with Gasteiger partial charge in [-0.15, -0.1) is 0 Å². The largest absolute Gasteiger partial charge is 0.390 e. The number of halogens is 3. The molecule has 1 aliphatic heterocycles. The smallest absolute Gasteiger partial charge is 0.352 e. The van der Waals surface area contributed by atoms with Gasteiger partial charge < -0.3 is 10.2 Å². The normalized spacial score (nSPS) is 15.1. The third kappa shape index (κ3) is 4.15. The van der Waals surface area contributed by atoms with Gasteiger partial charge in [-0.05, 0) is 22.4 Å². The van der Waals surface area contributed by atoms with Gasteiger partial charge in [0.2, 0.25) is 0 Å². The van der Waals surface area contributed by atoms with Crippen molar-refractivity contribution in [3.63, 3.8) is 0 Å². The minimum Gasteiger partial charge on any atom is -0.352 e. The van der Waals surface area contributed by atoms with Crippen LogP contribution in [0.15, 0.2) is 47.5 Å². The van der Waals surface area contributed by atoms with Gasteiger partial charge in [0.25, 0.3) is 0 Å². The summed E-state index contributed by atoms with van der Waals surface area (Å²) >= 11 is 0. The van der Waals surface area contributed by atoms with Crippen LogP contribution >= 0.6 is 0 Å². The summed E-state index contributed by atoms with van der Waals surface area (Å²) in [4.78, 5) is 5.92. The van der Waals surface area contributed by atoms with Gasteiger partial charge >= 0.3 is 6.18 Å². The van der Waals surface area contributed by atoms with E-state index in [4.69, 9.17) is 0 Å². The minimum absolute atomic E-state index is 0.0486. The summed E-state index contributed by atoms with van der Waals surface area (Å²) in [5, 5.41) is 5.47. The fourth-order valence-electron chi connectivity index (χ4n) is 2.66. The molecule has 0 aliphatic carbocycles. The summed E-state index contributed by atoms with van der Waals surface area (Å²) < 4.78 is 37.0. The van der Waals surface area contributed by atoms with Gasteiger partial charge in [0.15, 0.2) is 5.96 Å². The van der Waals surface area contributed by atoms with Gasteiger partial charge in [-0.2, -0.15) is 13.2 Å². The highest BCUT2D eigenvalue weighted by Crippen LogP contribution is 2.20. The lowest BCUT2D eigenvalue weighted by Gasteiger charge is -2.21. The number of nitrogens with one attached hydrogen (secondary N) is 1. The summed E-state index contributed by atoms with van der Waals surface area (Å²) in [6.45, 7) is 1.58. The van der Waals surface area contributed by atoms with E-state index in [0.717, 1.165) is 10.9 Å². The molecule has 1 aliphatic rings. The fraction of sp³-hybridized carbons (Fsp3) is 0.353. The Morgan fingerprint density at radius 2 is 1.87 bits per heavy atom. The Labute approximate surface area is 132 Å². The summed E-state index contributed by atoms with van der Waals surface area (Å²) in [7, 11) is 0. The molecule has 0 atom stereocenters. The van der Waals surface area contributed by atoms with Crippen molar-refractivity contribution in [3.05, 3.63) is 48.0 Å². The van der Waals surface area contributed by atoms with Crippen LogP contribution in [0.4, 0.5) is 13.2 Å². The van der Waals surface area contributed by atoms with Gasteiger partial charge in [-0.25, -0.2) is 0 Å². The van der Waals surface area contributed by atoms with Crippen LogP contribution < -0.4 is 5.32 Å². The zero-order valence-corrected chi connectivity index (χ0v) is 12.6. The molecule has 1 heterocycles. The van der Waals surface area contributed by atoms with E-state index in [1.165, 1.54) is 5.39 Å². The predicted octanol–water partition coefficient (Wildman–Crippen LogP) is 3.55. The van der Waals surface area contributed by atoms with E-state index in [1.54, 1.807) is 4.90 Å². The van der Waals surface area contributed by atoms with Crippen LogP contribution in [0.5, 0.6) is 0 Å². The molecule has 0 radical (unpaired) electrons. The fourth-order valence-corrected chi connectivity index (χ4v) is 2.66. The van der Waals surface area contributed by atoms with E-state index in [9.17, 15) is 13.2 Å². The molecule has 0 unspecified atom stereocenters. The molecule has 0 saturated heterocycles. The van der Waals surface area contributed by atoms with Crippen molar-refractivity contribution in [1.29, 1.82) is 0 Å². The van der Waals surface area contributed by atoms with Crippen LogP contribution in [0, 0.1) is 0 Å². The molecular weight excluding hydrogens is 303 g/mol. The van der Waals surface area contributed by atoms with Crippen molar-refractivity contribution in [2.24, 2.45) is 4.99 Å². The first kappa shape index (κ1) is 15.6. The molecule has 3 rings (SSSR count). The molecule has 3 nitrogen and oxygen atoms in total. The molecule has 1 N–H and O–H groups in total. The Balaban J connectivity index is 1.60. The van der Waals surface area contributed by atoms with Crippen molar-refractivity contribution in [2.75, 3.05) is 19.6 Å². The second kappa shape index (κ2) is 6.48. The lowest BCUT2D eigenvalue weighted by Crippen LogP contribution is -2.39. The van der Waals surface area contributed by atoms with E-state index < -0.39 is 12.6 Å². The Morgan fingerprint density at radius 3 is 2.65 bits per heavy atom. The third-order valence-electron chi connectivity index (χ3n) is 3.86. The molecule has 0 bridgehead atoms. The Hall–Kier alpha value is -2.24. The summed E-state index contributed by atoms with van der Waals surface area (Å²) in [5.41, 5.74) is 1.08. The first-order chi connectivity index (χ1) is 11.0. The quantitative estimate of drug-likeness (QED) is 0.932. The highest BCUT2D eigenvalue weighted by atomic mass is 19.4. The lowest BCUT2D eigenvalue weighted by molar-refractivity contribution is -0.136. The highest BCUT2D eigenvalue weighted by Gasteiger charge is 2.29.